The van der Waals surface area contributed by atoms with Gasteiger partial charge in [-0.25, -0.2) is 0 Å². The Hall–Kier alpha value is -1.65. The first-order valence-electron chi connectivity index (χ1n) is 6.55. The van der Waals surface area contributed by atoms with E-state index in [-0.39, 0.29) is 6.04 Å². The minimum Gasteiger partial charge on any atom is -0.324 e. The summed E-state index contributed by atoms with van der Waals surface area (Å²) in [4.78, 5) is 0. The minimum absolute atomic E-state index is 0.0297. The summed E-state index contributed by atoms with van der Waals surface area (Å²) in [5.41, 5.74) is 8.47. The van der Waals surface area contributed by atoms with Crippen LogP contribution in [-0.4, -0.2) is 9.78 Å². The van der Waals surface area contributed by atoms with Crippen LogP contribution >= 0.6 is 15.9 Å². The molecule has 4 heteroatoms. The highest BCUT2D eigenvalue weighted by atomic mass is 79.9. The number of hydrogen-bond acceptors (Lipinski definition) is 2. The molecule has 0 spiro atoms. The SMILES string of the molecule is Cn1ccc(CC(N)c2ccc3cc(Br)ccc3c2)n1. The Balaban J connectivity index is 1.87. The number of aryl methyl sites for hydroxylation is 1. The average Bonchev–Trinajstić information content (AvgIpc) is 2.83. The Morgan fingerprint density at radius 1 is 1.15 bits per heavy atom. The first-order valence-corrected chi connectivity index (χ1v) is 7.34. The summed E-state index contributed by atoms with van der Waals surface area (Å²) in [5.74, 6) is 0. The first-order chi connectivity index (χ1) is 9.61. The van der Waals surface area contributed by atoms with E-state index < -0.39 is 0 Å². The molecule has 0 aliphatic carbocycles. The van der Waals surface area contributed by atoms with Crippen molar-refractivity contribution in [2.24, 2.45) is 12.8 Å². The second kappa shape index (κ2) is 5.38. The predicted molar refractivity (Wildman–Crippen MR) is 85.5 cm³/mol. The van der Waals surface area contributed by atoms with Gasteiger partial charge in [0.05, 0.1) is 5.69 Å². The summed E-state index contributed by atoms with van der Waals surface area (Å²) in [7, 11) is 1.92. The Bertz CT molecular complexity index is 748. The van der Waals surface area contributed by atoms with E-state index in [4.69, 9.17) is 5.73 Å². The van der Waals surface area contributed by atoms with Crippen LogP contribution in [0.5, 0.6) is 0 Å². The fourth-order valence-corrected chi connectivity index (χ4v) is 2.76. The second-order valence-electron chi connectivity index (χ2n) is 5.04. The lowest BCUT2D eigenvalue weighted by atomic mass is 9.99. The van der Waals surface area contributed by atoms with Crippen molar-refractivity contribution in [2.75, 3.05) is 0 Å². The molecule has 0 fully saturated rings. The van der Waals surface area contributed by atoms with E-state index in [1.165, 1.54) is 10.8 Å². The number of hydrogen-bond donors (Lipinski definition) is 1. The van der Waals surface area contributed by atoms with Crippen LogP contribution in [0.3, 0.4) is 0 Å². The van der Waals surface area contributed by atoms with E-state index in [0.29, 0.717) is 0 Å². The molecule has 2 N–H and O–H groups in total. The fraction of sp³-hybridized carbons (Fsp3) is 0.188. The zero-order chi connectivity index (χ0) is 14.1. The van der Waals surface area contributed by atoms with Crippen molar-refractivity contribution < 1.29 is 0 Å². The highest BCUT2D eigenvalue weighted by Crippen LogP contribution is 2.24. The van der Waals surface area contributed by atoms with Crippen LogP contribution in [0.25, 0.3) is 10.8 Å². The smallest absolute Gasteiger partial charge is 0.0643 e. The molecule has 1 atom stereocenters. The summed E-state index contributed by atoms with van der Waals surface area (Å²) in [6.45, 7) is 0. The average molecular weight is 330 g/mol. The molecule has 0 saturated heterocycles. The number of aromatic nitrogens is 2. The number of nitrogens with two attached hydrogens (primary N) is 1. The van der Waals surface area contributed by atoms with Gasteiger partial charge in [-0.05, 0) is 40.6 Å². The van der Waals surface area contributed by atoms with Crippen LogP contribution in [0.4, 0.5) is 0 Å². The maximum Gasteiger partial charge on any atom is 0.0643 e. The molecule has 20 heavy (non-hydrogen) atoms. The van der Waals surface area contributed by atoms with Gasteiger partial charge in [-0.1, -0.05) is 34.1 Å². The van der Waals surface area contributed by atoms with Crippen molar-refractivity contribution >= 4 is 26.7 Å². The van der Waals surface area contributed by atoms with Crippen LogP contribution in [-0.2, 0) is 13.5 Å². The molecule has 0 radical (unpaired) electrons. The Morgan fingerprint density at radius 2 is 1.90 bits per heavy atom. The molecule has 0 aliphatic rings. The Morgan fingerprint density at radius 3 is 2.65 bits per heavy atom. The summed E-state index contributed by atoms with van der Waals surface area (Å²) in [5, 5.41) is 6.81. The monoisotopic (exact) mass is 329 g/mol. The van der Waals surface area contributed by atoms with Gasteiger partial charge >= 0.3 is 0 Å². The molecule has 3 nitrogen and oxygen atoms in total. The van der Waals surface area contributed by atoms with E-state index in [9.17, 15) is 0 Å². The summed E-state index contributed by atoms with van der Waals surface area (Å²) in [6, 6.07) is 14.6. The molecule has 0 saturated carbocycles. The highest BCUT2D eigenvalue weighted by molar-refractivity contribution is 9.10. The number of fused-ring (bicyclic) bond motifs is 1. The van der Waals surface area contributed by atoms with Gasteiger partial charge in [0, 0.05) is 30.2 Å². The zero-order valence-corrected chi connectivity index (χ0v) is 12.8. The van der Waals surface area contributed by atoms with Gasteiger partial charge < -0.3 is 5.73 Å². The number of benzene rings is 2. The highest BCUT2D eigenvalue weighted by Gasteiger charge is 2.09. The second-order valence-corrected chi connectivity index (χ2v) is 5.96. The fourth-order valence-electron chi connectivity index (χ4n) is 2.38. The Labute approximate surface area is 126 Å². The molecular weight excluding hydrogens is 314 g/mol. The van der Waals surface area contributed by atoms with Crippen molar-refractivity contribution in [3.05, 3.63) is 64.4 Å². The van der Waals surface area contributed by atoms with Crippen LogP contribution in [0.1, 0.15) is 17.3 Å². The maximum atomic E-state index is 6.30. The quantitative estimate of drug-likeness (QED) is 0.798. The largest absolute Gasteiger partial charge is 0.324 e. The van der Waals surface area contributed by atoms with Gasteiger partial charge in [-0.2, -0.15) is 5.10 Å². The van der Waals surface area contributed by atoms with Crippen molar-refractivity contribution in [3.63, 3.8) is 0 Å². The molecular formula is C16H16BrN3. The molecule has 1 unspecified atom stereocenters. The molecule has 3 aromatic rings. The van der Waals surface area contributed by atoms with Crippen molar-refractivity contribution in [1.82, 2.24) is 9.78 Å². The number of nitrogens with zero attached hydrogens (tertiary/aromatic N) is 2. The number of halogens is 1. The molecule has 102 valence electrons. The van der Waals surface area contributed by atoms with Gasteiger partial charge in [0.15, 0.2) is 0 Å². The van der Waals surface area contributed by atoms with E-state index >= 15 is 0 Å². The molecule has 0 aliphatic heterocycles. The van der Waals surface area contributed by atoms with Crippen LogP contribution in [0.15, 0.2) is 53.1 Å². The minimum atomic E-state index is -0.0297. The lowest BCUT2D eigenvalue weighted by Gasteiger charge is -2.11. The van der Waals surface area contributed by atoms with Crippen LogP contribution in [0.2, 0.25) is 0 Å². The molecule has 1 heterocycles. The standard InChI is InChI=1S/C16H16BrN3/c1-20-7-6-15(19-20)10-16(18)13-3-2-12-9-14(17)5-4-11(12)8-13/h2-9,16H,10,18H2,1H3. The number of rotatable bonds is 3. The van der Waals surface area contributed by atoms with E-state index in [0.717, 1.165) is 22.2 Å². The van der Waals surface area contributed by atoms with E-state index in [2.05, 4.69) is 57.4 Å². The van der Waals surface area contributed by atoms with Crippen molar-refractivity contribution in [3.8, 4) is 0 Å². The first kappa shape index (κ1) is 13.3. The normalized spacial score (nSPS) is 12.8. The third-order valence-electron chi connectivity index (χ3n) is 3.45. The molecule has 1 aromatic heterocycles. The lowest BCUT2D eigenvalue weighted by molar-refractivity contribution is 0.676. The van der Waals surface area contributed by atoms with E-state index in [1.54, 1.807) is 4.68 Å². The predicted octanol–water partition coefficient (Wildman–Crippen LogP) is 3.58. The molecule has 0 bridgehead atoms. The van der Waals surface area contributed by atoms with Crippen LogP contribution in [0, 0.1) is 0 Å². The maximum absolute atomic E-state index is 6.30. The lowest BCUT2D eigenvalue weighted by Crippen LogP contribution is -2.13. The molecule has 2 aromatic carbocycles. The molecule has 3 rings (SSSR count). The summed E-state index contributed by atoms with van der Waals surface area (Å²) >= 11 is 3.49. The van der Waals surface area contributed by atoms with Gasteiger partial charge in [-0.15, -0.1) is 0 Å². The third-order valence-corrected chi connectivity index (χ3v) is 3.95. The van der Waals surface area contributed by atoms with Gasteiger partial charge in [0.25, 0.3) is 0 Å². The van der Waals surface area contributed by atoms with Gasteiger partial charge in [0.1, 0.15) is 0 Å². The Kier molecular flexibility index (Phi) is 3.59. The van der Waals surface area contributed by atoms with Gasteiger partial charge in [-0.3, -0.25) is 4.68 Å². The van der Waals surface area contributed by atoms with Gasteiger partial charge in [0.2, 0.25) is 0 Å². The van der Waals surface area contributed by atoms with Crippen LogP contribution < -0.4 is 5.73 Å². The third kappa shape index (κ3) is 2.76. The topological polar surface area (TPSA) is 43.8 Å². The zero-order valence-electron chi connectivity index (χ0n) is 11.3. The summed E-state index contributed by atoms with van der Waals surface area (Å²) in [6.07, 6.45) is 2.70. The van der Waals surface area contributed by atoms with Crippen molar-refractivity contribution in [2.45, 2.75) is 12.5 Å². The van der Waals surface area contributed by atoms with Crippen molar-refractivity contribution in [1.29, 1.82) is 0 Å². The van der Waals surface area contributed by atoms with E-state index in [1.807, 2.05) is 19.3 Å². The summed E-state index contributed by atoms with van der Waals surface area (Å²) < 4.78 is 2.90. The molecule has 0 amide bonds.